The number of anilines is 1. The number of halogens is 2. The maximum atomic E-state index is 13.3. The summed E-state index contributed by atoms with van der Waals surface area (Å²) in [6, 6.07) is 10.9. The molecule has 2 aromatic carbocycles. The molecule has 0 bridgehead atoms. The van der Waals surface area contributed by atoms with Crippen LogP contribution in [0.2, 0.25) is 5.02 Å². The highest BCUT2D eigenvalue weighted by Crippen LogP contribution is 2.28. The number of benzene rings is 2. The van der Waals surface area contributed by atoms with Crippen LogP contribution in [0.15, 0.2) is 47.0 Å². The summed E-state index contributed by atoms with van der Waals surface area (Å²) in [5.41, 5.74) is 1.03. The molecule has 0 aliphatic heterocycles. The maximum Gasteiger partial charge on any atom is 0.236 e. The number of carbonyl (C=O) groups is 1. The van der Waals surface area contributed by atoms with E-state index in [0.717, 1.165) is 0 Å². The topological polar surface area (TPSA) is 77.2 Å². The Morgan fingerprint density at radius 3 is 2.96 bits per heavy atom. The predicted octanol–water partition coefficient (Wildman–Crippen LogP) is 4.41. The Morgan fingerprint density at radius 1 is 1.33 bits per heavy atom. The summed E-state index contributed by atoms with van der Waals surface area (Å²) in [4.78, 5) is 16.3. The third kappa shape index (κ3) is 5.21. The molecule has 0 fully saturated rings. The lowest BCUT2D eigenvalue weighted by Crippen LogP contribution is -2.14. The first-order valence-electron chi connectivity index (χ1n) is 7.85. The normalized spacial score (nSPS) is 10.6. The summed E-state index contributed by atoms with van der Waals surface area (Å²) in [6.07, 6.45) is 0. The first kappa shape index (κ1) is 19.2. The van der Waals surface area contributed by atoms with Crippen LogP contribution in [0.5, 0.6) is 5.75 Å². The second-order valence-corrected chi connectivity index (χ2v) is 6.83. The van der Waals surface area contributed by atoms with Gasteiger partial charge >= 0.3 is 0 Å². The first-order chi connectivity index (χ1) is 13.0. The number of thioether (sulfide) groups is 1. The van der Waals surface area contributed by atoms with Gasteiger partial charge in [-0.25, -0.2) is 4.39 Å². The predicted molar refractivity (Wildman–Crippen MR) is 102 cm³/mol. The van der Waals surface area contributed by atoms with E-state index in [1.165, 1.54) is 31.0 Å². The van der Waals surface area contributed by atoms with Gasteiger partial charge in [0.25, 0.3) is 0 Å². The molecule has 1 N–H and O–H groups in total. The number of nitrogens with one attached hydrogen (secondary N) is 1. The van der Waals surface area contributed by atoms with Crippen molar-refractivity contribution in [3.05, 3.63) is 59.2 Å². The SMILES string of the molecule is COc1ccc(Cl)cc1NC(=O)CSCc1nc(-c2cccc(F)c2)no1. The number of carbonyl (C=O) groups excluding carboxylic acids is 1. The number of hydrogen-bond donors (Lipinski definition) is 1. The highest BCUT2D eigenvalue weighted by molar-refractivity contribution is 7.99. The molecule has 0 spiro atoms. The summed E-state index contributed by atoms with van der Waals surface area (Å²) in [7, 11) is 1.51. The van der Waals surface area contributed by atoms with Gasteiger partial charge in [0.1, 0.15) is 11.6 Å². The smallest absolute Gasteiger partial charge is 0.236 e. The van der Waals surface area contributed by atoms with Crippen LogP contribution in [-0.4, -0.2) is 28.9 Å². The largest absolute Gasteiger partial charge is 0.495 e. The molecule has 0 atom stereocenters. The minimum Gasteiger partial charge on any atom is -0.495 e. The molecule has 27 heavy (non-hydrogen) atoms. The van der Waals surface area contributed by atoms with Crippen molar-refractivity contribution in [1.82, 2.24) is 10.1 Å². The van der Waals surface area contributed by atoms with Crippen molar-refractivity contribution in [2.75, 3.05) is 18.2 Å². The molecule has 0 saturated carbocycles. The molecule has 0 unspecified atom stereocenters. The van der Waals surface area contributed by atoms with Gasteiger partial charge in [0.15, 0.2) is 0 Å². The van der Waals surface area contributed by atoms with E-state index in [4.69, 9.17) is 20.9 Å². The van der Waals surface area contributed by atoms with Crippen molar-refractivity contribution in [2.45, 2.75) is 5.75 Å². The zero-order valence-electron chi connectivity index (χ0n) is 14.2. The molecule has 140 valence electrons. The lowest BCUT2D eigenvalue weighted by Gasteiger charge is -2.10. The average Bonchev–Trinajstić information content (AvgIpc) is 3.11. The zero-order chi connectivity index (χ0) is 19.2. The summed E-state index contributed by atoms with van der Waals surface area (Å²) in [6.45, 7) is 0. The zero-order valence-corrected chi connectivity index (χ0v) is 15.8. The number of methoxy groups -OCH3 is 1. The van der Waals surface area contributed by atoms with E-state index >= 15 is 0 Å². The Morgan fingerprint density at radius 2 is 2.19 bits per heavy atom. The molecule has 6 nitrogen and oxygen atoms in total. The van der Waals surface area contributed by atoms with Crippen LogP contribution in [0.25, 0.3) is 11.4 Å². The first-order valence-corrected chi connectivity index (χ1v) is 9.38. The van der Waals surface area contributed by atoms with Gasteiger partial charge in [-0.2, -0.15) is 4.98 Å². The number of ether oxygens (including phenoxy) is 1. The summed E-state index contributed by atoms with van der Waals surface area (Å²) < 4.78 is 23.6. The van der Waals surface area contributed by atoms with Gasteiger partial charge in [0, 0.05) is 10.6 Å². The van der Waals surface area contributed by atoms with E-state index in [9.17, 15) is 9.18 Å². The molecule has 0 aliphatic rings. The molecular formula is C18H15ClFN3O3S. The van der Waals surface area contributed by atoms with Crippen LogP contribution < -0.4 is 10.1 Å². The van der Waals surface area contributed by atoms with Crippen molar-refractivity contribution < 1.29 is 18.4 Å². The lowest BCUT2D eigenvalue weighted by molar-refractivity contribution is -0.113. The third-order valence-electron chi connectivity index (χ3n) is 3.45. The minimum absolute atomic E-state index is 0.174. The average molecular weight is 408 g/mol. The summed E-state index contributed by atoms with van der Waals surface area (Å²) in [5.74, 6) is 1.11. The number of nitrogens with zero attached hydrogens (tertiary/aromatic N) is 2. The Hall–Kier alpha value is -2.58. The monoisotopic (exact) mass is 407 g/mol. The van der Waals surface area contributed by atoms with Crippen molar-refractivity contribution in [3.63, 3.8) is 0 Å². The van der Waals surface area contributed by atoms with Crippen molar-refractivity contribution in [2.24, 2.45) is 0 Å². The number of hydrogen-bond acceptors (Lipinski definition) is 6. The molecule has 1 amide bonds. The van der Waals surface area contributed by atoms with Gasteiger partial charge in [-0.15, -0.1) is 11.8 Å². The molecule has 9 heteroatoms. The Bertz CT molecular complexity index is 951. The van der Waals surface area contributed by atoms with Crippen molar-refractivity contribution >= 4 is 35.0 Å². The van der Waals surface area contributed by atoms with E-state index in [2.05, 4.69) is 15.5 Å². The second kappa shape index (κ2) is 8.88. The molecule has 0 saturated heterocycles. The van der Waals surface area contributed by atoms with Crippen LogP contribution in [0, 0.1) is 5.82 Å². The molecule has 0 radical (unpaired) electrons. The summed E-state index contributed by atoms with van der Waals surface area (Å²) >= 11 is 7.25. The van der Waals surface area contributed by atoms with Gasteiger partial charge < -0.3 is 14.6 Å². The van der Waals surface area contributed by atoms with E-state index in [-0.39, 0.29) is 17.5 Å². The van der Waals surface area contributed by atoms with Gasteiger partial charge in [-0.1, -0.05) is 28.9 Å². The Kier molecular flexibility index (Phi) is 6.31. The van der Waals surface area contributed by atoms with Crippen LogP contribution in [0.4, 0.5) is 10.1 Å². The molecular weight excluding hydrogens is 393 g/mol. The molecule has 0 aliphatic carbocycles. The van der Waals surface area contributed by atoms with Crippen LogP contribution in [0.1, 0.15) is 5.89 Å². The van der Waals surface area contributed by atoms with Crippen LogP contribution in [0.3, 0.4) is 0 Å². The highest BCUT2D eigenvalue weighted by Gasteiger charge is 2.12. The molecule has 1 heterocycles. The van der Waals surface area contributed by atoms with Gasteiger partial charge in [-0.05, 0) is 30.3 Å². The lowest BCUT2D eigenvalue weighted by atomic mass is 10.2. The molecule has 1 aromatic heterocycles. The fourth-order valence-electron chi connectivity index (χ4n) is 2.25. The Balaban J connectivity index is 1.53. The van der Waals surface area contributed by atoms with Gasteiger partial charge in [0.05, 0.1) is 24.3 Å². The van der Waals surface area contributed by atoms with E-state index in [0.29, 0.717) is 39.5 Å². The van der Waals surface area contributed by atoms with E-state index in [1.807, 2.05) is 0 Å². The standard InChI is InChI=1S/C18H15ClFN3O3S/c1-25-15-6-5-12(19)8-14(15)21-16(24)9-27-10-17-22-18(23-26-17)11-3-2-4-13(20)7-11/h2-8H,9-10H2,1H3,(H,21,24). The van der Waals surface area contributed by atoms with E-state index < -0.39 is 0 Å². The van der Waals surface area contributed by atoms with E-state index in [1.54, 1.807) is 30.3 Å². The third-order valence-corrected chi connectivity index (χ3v) is 4.60. The summed E-state index contributed by atoms with van der Waals surface area (Å²) in [5, 5.41) is 7.07. The van der Waals surface area contributed by atoms with Gasteiger partial charge in [0.2, 0.25) is 17.6 Å². The fraction of sp³-hybridized carbons (Fsp3) is 0.167. The molecule has 3 aromatic rings. The fourth-order valence-corrected chi connectivity index (χ4v) is 3.08. The maximum absolute atomic E-state index is 13.3. The van der Waals surface area contributed by atoms with Crippen LogP contribution >= 0.6 is 23.4 Å². The molecule has 3 rings (SSSR count). The van der Waals surface area contributed by atoms with Crippen molar-refractivity contribution in [1.29, 1.82) is 0 Å². The van der Waals surface area contributed by atoms with Crippen molar-refractivity contribution in [3.8, 4) is 17.1 Å². The number of rotatable bonds is 7. The highest BCUT2D eigenvalue weighted by atomic mass is 35.5. The minimum atomic E-state index is -0.374. The Labute approximate surface area is 164 Å². The van der Waals surface area contributed by atoms with Gasteiger partial charge in [-0.3, -0.25) is 4.79 Å². The second-order valence-electron chi connectivity index (χ2n) is 5.41. The number of amides is 1. The van der Waals surface area contributed by atoms with Crippen LogP contribution in [-0.2, 0) is 10.5 Å². The number of aromatic nitrogens is 2. The quantitative estimate of drug-likeness (QED) is 0.625.